The normalized spacial score (nSPS) is 24.5. The zero-order valence-electron chi connectivity index (χ0n) is 14.9. The van der Waals surface area contributed by atoms with Crippen LogP contribution in [0.5, 0.6) is 0 Å². The number of carbonyl (C=O) groups is 2. The lowest BCUT2D eigenvalue weighted by Crippen LogP contribution is -2.52. The number of likely N-dealkylation sites (tertiary alicyclic amines) is 1. The van der Waals surface area contributed by atoms with Gasteiger partial charge in [-0.15, -0.1) is 0 Å². The summed E-state index contributed by atoms with van der Waals surface area (Å²) >= 11 is 0. The highest BCUT2D eigenvalue weighted by atomic mass is 16.6. The van der Waals surface area contributed by atoms with Gasteiger partial charge in [0, 0.05) is 19.0 Å². The zero-order chi connectivity index (χ0) is 18.0. The summed E-state index contributed by atoms with van der Waals surface area (Å²) in [6, 6.07) is 9.60. The molecule has 0 unspecified atom stereocenters. The quantitative estimate of drug-likeness (QED) is 0.911. The number of rotatable bonds is 3. The number of benzene rings is 1. The van der Waals surface area contributed by atoms with Crippen LogP contribution >= 0.6 is 0 Å². The summed E-state index contributed by atoms with van der Waals surface area (Å²) in [5.74, 6) is -1.04. The Balaban J connectivity index is 2.31. The van der Waals surface area contributed by atoms with Crippen LogP contribution < -0.4 is 0 Å². The lowest BCUT2D eigenvalue weighted by molar-refractivity contribution is -0.154. The van der Waals surface area contributed by atoms with Gasteiger partial charge < -0.3 is 14.7 Å². The van der Waals surface area contributed by atoms with Gasteiger partial charge in [-0.2, -0.15) is 0 Å². The summed E-state index contributed by atoms with van der Waals surface area (Å²) in [5.41, 5.74) is -0.458. The van der Waals surface area contributed by atoms with Crippen LogP contribution in [0.15, 0.2) is 30.3 Å². The van der Waals surface area contributed by atoms with Crippen LogP contribution in [-0.4, -0.2) is 40.8 Å². The van der Waals surface area contributed by atoms with Crippen molar-refractivity contribution in [1.82, 2.24) is 4.90 Å². The highest BCUT2D eigenvalue weighted by Gasteiger charge is 2.49. The van der Waals surface area contributed by atoms with Crippen LogP contribution in [0.25, 0.3) is 0 Å². The summed E-state index contributed by atoms with van der Waals surface area (Å²) in [6.45, 7) is 8.16. The molecule has 0 spiro atoms. The number of piperidine rings is 1. The molecule has 0 radical (unpaired) electrons. The van der Waals surface area contributed by atoms with E-state index in [1.165, 1.54) is 0 Å². The number of carboxylic acids is 1. The van der Waals surface area contributed by atoms with Gasteiger partial charge in [0.15, 0.2) is 0 Å². The molecule has 5 nitrogen and oxygen atoms in total. The molecule has 1 aromatic rings. The summed E-state index contributed by atoms with van der Waals surface area (Å²) in [7, 11) is 0. The van der Waals surface area contributed by atoms with E-state index in [0.29, 0.717) is 25.9 Å². The third kappa shape index (κ3) is 3.71. The molecular weight excluding hydrogens is 306 g/mol. The number of aliphatic carboxylic acids is 1. The third-order valence-corrected chi connectivity index (χ3v) is 4.81. The molecule has 2 rings (SSSR count). The molecule has 5 heteroatoms. The van der Waals surface area contributed by atoms with Gasteiger partial charge in [-0.1, -0.05) is 37.3 Å². The first-order chi connectivity index (χ1) is 11.2. The summed E-state index contributed by atoms with van der Waals surface area (Å²) in [6.07, 6.45) is 0.584. The fraction of sp³-hybridized carbons (Fsp3) is 0.579. The topological polar surface area (TPSA) is 66.8 Å². The molecule has 24 heavy (non-hydrogen) atoms. The maximum absolute atomic E-state index is 12.4. The van der Waals surface area contributed by atoms with Gasteiger partial charge in [0.05, 0.1) is 5.41 Å². The van der Waals surface area contributed by atoms with Crippen molar-refractivity contribution in [3.63, 3.8) is 0 Å². The Labute approximate surface area is 143 Å². The van der Waals surface area contributed by atoms with Crippen LogP contribution in [0.3, 0.4) is 0 Å². The molecule has 1 aromatic carbocycles. The average molecular weight is 333 g/mol. The minimum Gasteiger partial charge on any atom is -0.481 e. The second-order valence-corrected chi connectivity index (χ2v) is 7.45. The molecule has 1 N–H and O–H groups in total. The van der Waals surface area contributed by atoms with Crippen molar-refractivity contribution in [2.24, 2.45) is 5.41 Å². The van der Waals surface area contributed by atoms with E-state index in [1.807, 2.05) is 58.0 Å². The monoisotopic (exact) mass is 333 g/mol. The molecular formula is C19H27NO4. The molecule has 2 atom stereocenters. The van der Waals surface area contributed by atoms with E-state index in [1.54, 1.807) is 4.90 Å². The first-order valence-corrected chi connectivity index (χ1v) is 8.46. The van der Waals surface area contributed by atoms with Crippen molar-refractivity contribution in [2.45, 2.75) is 52.1 Å². The van der Waals surface area contributed by atoms with Gasteiger partial charge >= 0.3 is 12.1 Å². The predicted molar refractivity (Wildman–Crippen MR) is 92.0 cm³/mol. The molecule has 0 saturated carbocycles. The van der Waals surface area contributed by atoms with Crippen molar-refractivity contribution in [2.75, 3.05) is 13.1 Å². The van der Waals surface area contributed by atoms with Crippen molar-refractivity contribution >= 4 is 12.1 Å². The Morgan fingerprint density at radius 1 is 1.29 bits per heavy atom. The maximum atomic E-state index is 12.4. The van der Waals surface area contributed by atoms with Gasteiger partial charge in [-0.05, 0) is 39.2 Å². The third-order valence-electron chi connectivity index (χ3n) is 4.81. The largest absolute Gasteiger partial charge is 0.481 e. The van der Waals surface area contributed by atoms with Crippen molar-refractivity contribution < 1.29 is 19.4 Å². The minimum atomic E-state index is -0.847. The molecule has 0 aromatic heterocycles. The van der Waals surface area contributed by atoms with E-state index in [2.05, 4.69) is 0 Å². The van der Waals surface area contributed by atoms with Crippen LogP contribution in [0, 0.1) is 5.41 Å². The van der Waals surface area contributed by atoms with Gasteiger partial charge in [0.1, 0.15) is 5.60 Å². The summed E-state index contributed by atoms with van der Waals surface area (Å²) < 4.78 is 5.46. The fourth-order valence-electron chi connectivity index (χ4n) is 3.43. The molecule has 1 aliphatic rings. The van der Waals surface area contributed by atoms with Crippen molar-refractivity contribution in [3.8, 4) is 0 Å². The Kier molecular flexibility index (Phi) is 5.21. The van der Waals surface area contributed by atoms with Gasteiger partial charge in [-0.3, -0.25) is 4.79 Å². The second kappa shape index (κ2) is 6.83. The smallest absolute Gasteiger partial charge is 0.410 e. The van der Waals surface area contributed by atoms with Gasteiger partial charge in [0.25, 0.3) is 0 Å². The molecule has 0 bridgehead atoms. The zero-order valence-corrected chi connectivity index (χ0v) is 14.9. The number of carboxylic acid groups (broad SMARTS) is 1. The van der Waals surface area contributed by atoms with E-state index in [0.717, 1.165) is 5.56 Å². The molecule has 1 fully saturated rings. The average Bonchev–Trinajstić information content (AvgIpc) is 2.53. The molecule has 132 valence electrons. The second-order valence-electron chi connectivity index (χ2n) is 7.45. The van der Waals surface area contributed by atoms with E-state index < -0.39 is 17.0 Å². The molecule has 1 amide bonds. The van der Waals surface area contributed by atoms with Crippen LogP contribution in [0.4, 0.5) is 4.79 Å². The molecule has 1 heterocycles. The number of carbonyl (C=O) groups excluding carboxylic acids is 1. The molecule has 1 aliphatic heterocycles. The summed E-state index contributed by atoms with van der Waals surface area (Å²) in [5, 5.41) is 9.90. The van der Waals surface area contributed by atoms with Crippen molar-refractivity contribution in [3.05, 3.63) is 35.9 Å². The number of hydrogen-bond acceptors (Lipinski definition) is 3. The lowest BCUT2D eigenvalue weighted by Gasteiger charge is -2.45. The first kappa shape index (κ1) is 18.3. The Hall–Kier alpha value is -2.04. The van der Waals surface area contributed by atoms with Crippen LogP contribution in [0.1, 0.15) is 52.0 Å². The first-order valence-electron chi connectivity index (χ1n) is 8.46. The number of ether oxygens (including phenoxy) is 1. The number of nitrogens with zero attached hydrogens (tertiary/aromatic N) is 1. The van der Waals surface area contributed by atoms with Gasteiger partial charge in [0.2, 0.25) is 0 Å². The Bertz CT molecular complexity index is 593. The standard InChI is InChI=1S/C19H27NO4/c1-5-19(16(21)22)11-12-20(17(23)24-18(2,3)4)13-15(19)14-9-7-6-8-10-14/h6-10,15H,5,11-13H2,1-4H3,(H,21,22)/t15-,19-/m0/s1. The van der Waals surface area contributed by atoms with Crippen LogP contribution in [-0.2, 0) is 9.53 Å². The van der Waals surface area contributed by atoms with Crippen molar-refractivity contribution in [1.29, 1.82) is 0 Å². The number of hydrogen-bond donors (Lipinski definition) is 1. The number of amides is 1. The summed E-state index contributed by atoms with van der Waals surface area (Å²) in [4.78, 5) is 26.1. The van der Waals surface area contributed by atoms with Crippen LogP contribution in [0.2, 0.25) is 0 Å². The lowest BCUT2D eigenvalue weighted by atomic mass is 9.66. The molecule has 0 aliphatic carbocycles. The van der Waals surface area contributed by atoms with E-state index >= 15 is 0 Å². The predicted octanol–water partition coefficient (Wildman–Crippen LogP) is 3.89. The molecule has 1 saturated heterocycles. The van der Waals surface area contributed by atoms with E-state index in [-0.39, 0.29) is 12.0 Å². The highest BCUT2D eigenvalue weighted by Crippen LogP contribution is 2.46. The SMILES string of the molecule is CC[C@]1(C(=O)O)CCN(C(=O)OC(C)(C)C)C[C@H]1c1ccccc1. The van der Waals surface area contributed by atoms with E-state index in [4.69, 9.17) is 4.74 Å². The van der Waals surface area contributed by atoms with Gasteiger partial charge in [-0.25, -0.2) is 4.79 Å². The minimum absolute atomic E-state index is 0.248. The Morgan fingerprint density at radius 2 is 1.92 bits per heavy atom. The maximum Gasteiger partial charge on any atom is 0.410 e. The highest BCUT2D eigenvalue weighted by molar-refractivity contribution is 5.77. The fourth-order valence-corrected chi connectivity index (χ4v) is 3.43. The van der Waals surface area contributed by atoms with E-state index in [9.17, 15) is 14.7 Å². The Morgan fingerprint density at radius 3 is 2.42 bits per heavy atom.